The van der Waals surface area contributed by atoms with Crippen molar-refractivity contribution in [1.82, 2.24) is 0 Å². The molecule has 3 nitrogen and oxygen atoms in total. The average molecular weight is 311 g/mol. The van der Waals surface area contributed by atoms with Gasteiger partial charge in [0.05, 0.1) is 6.07 Å². The zero-order chi connectivity index (χ0) is 16.5. The molecule has 2 fully saturated rings. The van der Waals surface area contributed by atoms with Crippen molar-refractivity contribution < 1.29 is 10.2 Å². The summed E-state index contributed by atoms with van der Waals surface area (Å²) < 4.78 is 0. The quantitative estimate of drug-likeness (QED) is 0.521. The fourth-order valence-corrected chi connectivity index (χ4v) is 5.90. The summed E-state index contributed by atoms with van der Waals surface area (Å²) in [5, 5.41) is 30.2. The molecular weight excluding hydrogens is 286 g/mol. The molecule has 0 saturated heterocycles. The van der Waals surface area contributed by atoms with E-state index in [-0.39, 0.29) is 10.8 Å². The lowest BCUT2D eigenvalue weighted by molar-refractivity contribution is -0.0386. The number of nitrogens with zero attached hydrogens (tertiary/aromatic N) is 1. The molecule has 122 valence electrons. The fraction of sp³-hybridized carbons (Fsp3) is 0.650. The number of nitriles is 1. The molecule has 0 heterocycles. The highest BCUT2D eigenvalue weighted by Gasteiger charge is 2.62. The van der Waals surface area contributed by atoms with E-state index in [0.717, 1.165) is 32.1 Å². The molecule has 4 rings (SSSR count). The molecule has 0 aromatic carbocycles. The Labute approximate surface area is 138 Å². The Kier molecular flexibility index (Phi) is 2.95. The lowest BCUT2D eigenvalue weighted by Crippen LogP contribution is -2.50. The average Bonchev–Trinajstić information content (AvgIpc) is 2.80. The molecule has 3 heteroatoms. The monoisotopic (exact) mass is 311 g/mol. The van der Waals surface area contributed by atoms with Crippen molar-refractivity contribution in [2.45, 2.75) is 58.0 Å². The molecule has 0 amide bonds. The predicted molar refractivity (Wildman–Crippen MR) is 88.3 cm³/mol. The van der Waals surface area contributed by atoms with Gasteiger partial charge in [-0.1, -0.05) is 31.1 Å². The van der Waals surface area contributed by atoms with Gasteiger partial charge in [0.25, 0.3) is 0 Å². The minimum atomic E-state index is -1.18. The second-order valence-corrected chi connectivity index (χ2v) is 8.38. The molecule has 0 aliphatic heterocycles. The van der Waals surface area contributed by atoms with E-state index in [4.69, 9.17) is 0 Å². The van der Waals surface area contributed by atoms with Crippen LogP contribution in [-0.2, 0) is 0 Å². The first-order valence-electron chi connectivity index (χ1n) is 8.78. The van der Waals surface area contributed by atoms with Crippen LogP contribution < -0.4 is 0 Å². The molecule has 0 bridgehead atoms. The van der Waals surface area contributed by atoms with E-state index in [1.165, 1.54) is 11.1 Å². The van der Waals surface area contributed by atoms with Crippen LogP contribution in [-0.4, -0.2) is 15.8 Å². The molecule has 23 heavy (non-hydrogen) atoms. The van der Waals surface area contributed by atoms with Gasteiger partial charge in [0.2, 0.25) is 0 Å². The van der Waals surface area contributed by atoms with Gasteiger partial charge in [0.1, 0.15) is 5.76 Å². The van der Waals surface area contributed by atoms with Crippen LogP contribution in [0.2, 0.25) is 0 Å². The van der Waals surface area contributed by atoms with Gasteiger partial charge >= 0.3 is 0 Å². The normalized spacial score (nSPS) is 48.2. The van der Waals surface area contributed by atoms with Crippen molar-refractivity contribution in [3.8, 4) is 6.07 Å². The summed E-state index contributed by atoms with van der Waals surface area (Å²) in [5.74, 6) is 1.26. The highest BCUT2D eigenvalue weighted by Crippen LogP contribution is 2.65. The first-order valence-corrected chi connectivity index (χ1v) is 8.78. The van der Waals surface area contributed by atoms with Crippen molar-refractivity contribution in [1.29, 1.82) is 5.26 Å². The summed E-state index contributed by atoms with van der Waals surface area (Å²) in [4.78, 5) is 0. The number of allylic oxidation sites excluding steroid dienone is 5. The molecular formula is C20H25NO2. The number of aliphatic hydroxyl groups excluding tert-OH is 1. The van der Waals surface area contributed by atoms with Gasteiger partial charge in [-0.25, -0.2) is 0 Å². The molecule has 2 saturated carbocycles. The van der Waals surface area contributed by atoms with Gasteiger partial charge in [0.15, 0.2) is 5.60 Å². The number of fused-ring (bicyclic) bond motifs is 5. The Bertz CT molecular complexity index is 697. The Hall–Kier alpha value is -1.53. The van der Waals surface area contributed by atoms with Crippen molar-refractivity contribution >= 4 is 0 Å². The Morgan fingerprint density at radius 2 is 2.00 bits per heavy atom. The second kappa shape index (κ2) is 4.51. The SMILES string of the molecule is C[C@]12CC=C(O)C=C1CC[C@@H]1C2=CC[C@@]2(C)[C@H]1CC[C@]2(O)C#N. The molecule has 4 aliphatic carbocycles. The fourth-order valence-electron chi connectivity index (χ4n) is 5.90. The third kappa shape index (κ3) is 1.73. The zero-order valence-corrected chi connectivity index (χ0v) is 14.0. The first kappa shape index (κ1) is 15.0. The third-order valence-electron chi connectivity index (χ3n) is 7.51. The minimum Gasteiger partial charge on any atom is -0.508 e. The van der Waals surface area contributed by atoms with Crippen LogP contribution in [0.3, 0.4) is 0 Å². The van der Waals surface area contributed by atoms with Gasteiger partial charge < -0.3 is 10.2 Å². The highest BCUT2D eigenvalue weighted by molar-refractivity contribution is 5.43. The van der Waals surface area contributed by atoms with Gasteiger partial charge in [-0.05, 0) is 62.5 Å². The van der Waals surface area contributed by atoms with Crippen LogP contribution in [0.25, 0.3) is 0 Å². The van der Waals surface area contributed by atoms with Crippen molar-refractivity contribution in [2.75, 3.05) is 0 Å². The van der Waals surface area contributed by atoms with E-state index in [1.807, 2.05) is 12.2 Å². The third-order valence-corrected chi connectivity index (χ3v) is 7.51. The van der Waals surface area contributed by atoms with Crippen molar-refractivity contribution in [2.24, 2.45) is 22.7 Å². The maximum Gasteiger partial charge on any atom is 0.156 e. The van der Waals surface area contributed by atoms with Crippen LogP contribution in [0.5, 0.6) is 0 Å². The summed E-state index contributed by atoms with van der Waals surface area (Å²) in [6.07, 6.45) is 11.5. The molecule has 0 unspecified atom stereocenters. The molecule has 0 radical (unpaired) electrons. The van der Waals surface area contributed by atoms with E-state index < -0.39 is 5.60 Å². The zero-order valence-electron chi connectivity index (χ0n) is 14.0. The van der Waals surface area contributed by atoms with Crippen LogP contribution in [0.15, 0.2) is 35.1 Å². The standard InChI is InChI=1S/C20H25NO2/c1-18-8-5-14(22)11-13(18)3-4-15-16(18)6-9-19(2)17(15)7-10-20(19,23)12-21/h5-6,11,15,17,22-23H,3-4,7-10H2,1-2H3/t15-,17+,18+,19+,20+/m1/s1. The summed E-state index contributed by atoms with van der Waals surface area (Å²) in [7, 11) is 0. The number of aliphatic hydroxyl groups is 2. The number of hydrogen-bond acceptors (Lipinski definition) is 3. The van der Waals surface area contributed by atoms with Crippen LogP contribution in [0, 0.1) is 34.0 Å². The molecule has 0 aromatic heterocycles. The number of hydrogen-bond donors (Lipinski definition) is 2. The minimum absolute atomic E-state index is 0.0177. The lowest BCUT2D eigenvalue weighted by Gasteiger charge is -2.53. The van der Waals surface area contributed by atoms with E-state index >= 15 is 0 Å². The van der Waals surface area contributed by atoms with E-state index in [2.05, 4.69) is 26.0 Å². The summed E-state index contributed by atoms with van der Waals surface area (Å²) in [5.41, 5.74) is 1.35. The second-order valence-electron chi connectivity index (χ2n) is 8.38. The largest absolute Gasteiger partial charge is 0.508 e. The van der Waals surface area contributed by atoms with Crippen molar-refractivity contribution in [3.63, 3.8) is 0 Å². The molecule has 2 N–H and O–H groups in total. The van der Waals surface area contributed by atoms with Crippen LogP contribution in [0.1, 0.15) is 52.4 Å². The lowest BCUT2D eigenvalue weighted by atomic mass is 9.51. The predicted octanol–water partition coefficient (Wildman–Crippen LogP) is 4.18. The topological polar surface area (TPSA) is 64.2 Å². The highest BCUT2D eigenvalue weighted by atomic mass is 16.3. The van der Waals surface area contributed by atoms with Gasteiger partial charge in [0, 0.05) is 10.8 Å². The maximum absolute atomic E-state index is 10.8. The van der Waals surface area contributed by atoms with E-state index in [0.29, 0.717) is 24.0 Å². The van der Waals surface area contributed by atoms with Gasteiger partial charge in [-0.2, -0.15) is 5.26 Å². The Morgan fingerprint density at radius 3 is 2.74 bits per heavy atom. The summed E-state index contributed by atoms with van der Waals surface area (Å²) in [6, 6.07) is 2.22. The van der Waals surface area contributed by atoms with Gasteiger partial charge in [-0.3, -0.25) is 0 Å². The summed E-state index contributed by atoms with van der Waals surface area (Å²) in [6.45, 7) is 4.41. The van der Waals surface area contributed by atoms with Crippen molar-refractivity contribution in [3.05, 3.63) is 35.1 Å². The smallest absolute Gasteiger partial charge is 0.156 e. The molecule has 0 spiro atoms. The summed E-state index contributed by atoms with van der Waals surface area (Å²) >= 11 is 0. The number of rotatable bonds is 0. The Balaban J connectivity index is 1.77. The van der Waals surface area contributed by atoms with Crippen LogP contribution >= 0.6 is 0 Å². The first-order chi connectivity index (χ1) is 10.8. The van der Waals surface area contributed by atoms with E-state index in [9.17, 15) is 15.5 Å². The Morgan fingerprint density at radius 1 is 1.22 bits per heavy atom. The van der Waals surface area contributed by atoms with E-state index in [1.54, 1.807) is 0 Å². The molecule has 4 aliphatic rings. The molecule has 5 atom stereocenters. The maximum atomic E-state index is 10.8. The van der Waals surface area contributed by atoms with Gasteiger partial charge in [-0.15, -0.1) is 0 Å². The molecule has 0 aromatic rings. The van der Waals surface area contributed by atoms with Crippen LogP contribution in [0.4, 0.5) is 0 Å².